The fourth-order valence-electron chi connectivity index (χ4n) is 7.67. The summed E-state index contributed by atoms with van der Waals surface area (Å²) in [5.74, 6) is 0. The Morgan fingerprint density at radius 2 is 0.942 bits per heavy atom. The summed E-state index contributed by atoms with van der Waals surface area (Å²) in [4.78, 5) is 2.40. The first-order valence-corrected chi connectivity index (χ1v) is 17.8. The van der Waals surface area contributed by atoms with Crippen molar-refractivity contribution in [3.63, 3.8) is 0 Å². The number of hydrogen-bond acceptors (Lipinski definition) is 2. The van der Waals surface area contributed by atoms with E-state index in [1.54, 1.807) is 0 Å². The van der Waals surface area contributed by atoms with Gasteiger partial charge >= 0.3 is 0 Å². The summed E-state index contributed by atoms with van der Waals surface area (Å²) < 4.78 is 6.20. The topological polar surface area (TPSA) is 16.4 Å². The molecule has 52 heavy (non-hydrogen) atoms. The molecule has 0 fully saturated rings. The van der Waals surface area contributed by atoms with E-state index in [0.717, 1.165) is 39.2 Å². The summed E-state index contributed by atoms with van der Waals surface area (Å²) in [5, 5.41) is 7.15. The van der Waals surface area contributed by atoms with E-state index in [0.29, 0.717) is 0 Å². The number of hydrogen-bond donors (Lipinski definition) is 0. The Hall–Kier alpha value is -6.90. The lowest BCUT2D eigenvalue weighted by molar-refractivity contribution is 0.669. The predicted octanol–water partition coefficient (Wildman–Crippen LogP) is 14.4. The number of anilines is 3. The SMILES string of the molecule is c1ccc(-c2ccc(N(c3ccc4ccccc4c3)c3ccc(-c4ccc5c(ccc6oc7ccccc7c65)c4)cc3-c3ccccc3)cc2)cc1. The zero-order valence-electron chi connectivity index (χ0n) is 28.4. The summed E-state index contributed by atoms with van der Waals surface area (Å²) in [7, 11) is 0. The van der Waals surface area contributed by atoms with E-state index >= 15 is 0 Å². The van der Waals surface area contributed by atoms with Gasteiger partial charge in [0.1, 0.15) is 11.2 Å². The van der Waals surface area contributed by atoms with E-state index in [-0.39, 0.29) is 0 Å². The zero-order valence-corrected chi connectivity index (χ0v) is 28.4. The van der Waals surface area contributed by atoms with Gasteiger partial charge in [0, 0.05) is 27.7 Å². The van der Waals surface area contributed by atoms with E-state index in [2.05, 4.69) is 193 Å². The highest BCUT2D eigenvalue weighted by molar-refractivity contribution is 6.19. The smallest absolute Gasteiger partial charge is 0.136 e. The third-order valence-electron chi connectivity index (χ3n) is 10.2. The molecule has 0 aliphatic rings. The van der Waals surface area contributed by atoms with Crippen LogP contribution in [0.1, 0.15) is 0 Å². The van der Waals surface area contributed by atoms with Crippen molar-refractivity contribution in [2.45, 2.75) is 0 Å². The van der Waals surface area contributed by atoms with Crippen LogP contribution in [-0.2, 0) is 0 Å². The molecule has 0 N–H and O–H groups in total. The van der Waals surface area contributed by atoms with Crippen molar-refractivity contribution < 1.29 is 4.42 Å². The van der Waals surface area contributed by atoms with Gasteiger partial charge in [-0.2, -0.15) is 0 Å². The predicted molar refractivity (Wildman–Crippen MR) is 220 cm³/mol. The molecule has 0 aliphatic heterocycles. The van der Waals surface area contributed by atoms with Crippen molar-refractivity contribution in [3.05, 3.63) is 200 Å². The Labute approximate surface area is 302 Å². The van der Waals surface area contributed by atoms with Crippen molar-refractivity contribution >= 4 is 60.5 Å². The molecule has 0 atom stereocenters. The molecule has 10 rings (SSSR count). The van der Waals surface area contributed by atoms with Crippen LogP contribution < -0.4 is 4.90 Å². The molecule has 2 nitrogen and oxygen atoms in total. The summed E-state index contributed by atoms with van der Waals surface area (Å²) in [5.41, 5.74) is 12.2. The van der Waals surface area contributed by atoms with Gasteiger partial charge in [0.15, 0.2) is 0 Å². The number of benzene rings is 9. The molecule has 0 aliphatic carbocycles. The van der Waals surface area contributed by atoms with Gasteiger partial charge in [0.2, 0.25) is 0 Å². The summed E-state index contributed by atoms with van der Waals surface area (Å²) in [6.45, 7) is 0. The molecule has 0 radical (unpaired) electrons. The van der Waals surface area contributed by atoms with Crippen LogP contribution in [0.2, 0.25) is 0 Å². The van der Waals surface area contributed by atoms with Gasteiger partial charge in [0.25, 0.3) is 0 Å². The van der Waals surface area contributed by atoms with Crippen LogP contribution in [-0.4, -0.2) is 0 Å². The highest BCUT2D eigenvalue weighted by Gasteiger charge is 2.19. The Morgan fingerprint density at radius 1 is 0.327 bits per heavy atom. The second-order valence-electron chi connectivity index (χ2n) is 13.4. The van der Waals surface area contributed by atoms with Gasteiger partial charge in [-0.15, -0.1) is 0 Å². The van der Waals surface area contributed by atoms with Crippen LogP contribution in [0, 0.1) is 0 Å². The molecule has 1 aromatic heterocycles. The lowest BCUT2D eigenvalue weighted by Gasteiger charge is -2.29. The monoisotopic (exact) mass is 663 g/mol. The molecule has 0 unspecified atom stereocenters. The van der Waals surface area contributed by atoms with Crippen LogP contribution in [0.5, 0.6) is 0 Å². The van der Waals surface area contributed by atoms with Crippen LogP contribution in [0.25, 0.3) is 76.9 Å². The Bertz CT molecular complexity index is 2890. The van der Waals surface area contributed by atoms with Gasteiger partial charge in [0.05, 0.1) is 5.69 Å². The molecule has 0 saturated carbocycles. The molecule has 9 aromatic carbocycles. The summed E-state index contributed by atoms with van der Waals surface area (Å²) in [6.07, 6.45) is 0. The van der Waals surface area contributed by atoms with Crippen molar-refractivity contribution in [1.29, 1.82) is 0 Å². The maximum absolute atomic E-state index is 6.20. The fourth-order valence-corrected chi connectivity index (χ4v) is 7.67. The zero-order chi connectivity index (χ0) is 34.4. The van der Waals surface area contributed by atoms with E-state index in [9.17, 15) is 0 Å². The summed E-state index contributed by atoms with van der Waals surface area (Å²) in [6, 6.07) is 71.9. The van der Waals surface area contributed by atoms with Crippen LogP contribution in [0.15, 0.2) is 205 Å². The second kappa shape index (κ2) is 12.5. The highest BCUT2D eigenvalue weighted by atomic mass is 16.3. The van der Waals surface area contributed by atoms with Gasteiger partial charge in [-0.3, -0.25) is 0 Å². The lowest BCUT2D eigenvalue weighted by atomic mass is 9.94. The standard InChI is InChI=1S/C50H33NO/c1-3-11-34(12-4-1)36-19-25-42(26-20-36)51(43-27-21-35-13-7-8-16-38(35)32-43)47-29-23-40(33-46(47)37-14-5-2-6-15-37)39-22-28-44-41(31-39)24-30-49-50(44)45-17-9-10-18-48(45)52-49/h1-33H. The quantitative estimate of drug-likeness (QED) is 0.176. The number of para-hydroxylation sites is 1. The second-order valence-corrected chi connectivity index (χ2v) is 13.4. The van der Waals surface area contributed by atoms with Crippen molar-refractivity contribution in [1.82, 2.24) is 0 Å². The van der Waals surface area contributed by atoms with Crippen molar-refractivity contribution in [2.75, 3.05) is 4.90 Å². The highest BCUT2D eigenvalue weighted by Crippen LogP contribution is 2.44. The number of furan rings is 1. The van der Waals surface area contributed by atoms with Gasteiger partial charge < -0.3 is 9.32 Å². The molecule has 0 amide bonds. The Kier molecular flexibility index (Phi) is 7.18. The first-order chi connectivity index (χ1) is 25.8. The molecule has 0 spiro atoms. The summed E-state index contributed by atoms with van der Waals surface area (Å²) >= 11 is 0. The first kappa shape index (κ1) is 30.0. The third kappa shape index (κ3) is 5.21. The minimum absolute atomic E-state index is 0.919. The minimum atomic E-state index is 0.919. The molecular formula is C50H33NO. The molecule has 10 aromatic rings. The van der Waals surface area contributed by atoms with Gasteiger partial charge in [-0.1, -0.05) is 146 Å². The Balaban J connectivity index is 1.15. The van der Waals surface area contributed by atoms with Crippen LogP contribution in [0.4, 0.5) is 17.1 Å². The van der Waals surface area contributed by atoms with Crippen molar-refractivity contribution in [3.8, 4) is 33.4 Å². The fraction of sp³-hybridized carbons (Fsp3) is 0. The largest absolute Gasteiger partial charge is 0.456 e. The molecule has 244 valence electrons. The minimum Gasteiger partial charge on any atom is -0.456 e. The molecule has 1 heterocycles. The average molecular weight is 664 g/mol. The van der Waals surface area contributed by atoms with Crippen molar-refractivity contribution in [2.24, 2.45) is 0 Å². The van der Waals surface area contributed by atoms with E-state index in [1.807, 2.05) is 12.1 Å². The first-order valence-electron chi connectivity index (χ1n) is 17.8. The molecule has 0 saturated heterocycles. The molecular weight excluding hydrogens is 631 g/mol. The van der Waals surface area contributed by atoms with Crippen LogP contribution in [0.3, 0.4) is 0 Å². The Morgan fingerprint density at radius 3 is 1.77 bits per heavy atom. The molecule has 0 bridgehead atoms. The lowest BCUT2D eigenvalue weighted by Crippen LogP contribution is -2.11. The number of fused-ring (bicyclic) bond motifs is 6. The van der Waals surface area contributed by atoms with E-state index in [1.165, 1.54) is 54.7 Å². The van der Waals surface area contributed by atoms with E-state index in [4.69, 9.17) is 4.42 Å². The van der Waals surface area contributed by atoms with Gasteiger partial charge in [-0.25, -0.2) is 0 Å². The molecule has 2 heteroatoms. The number of rotatable bonds is 6. The van der Waals surface area contributed by atoms with Gasteiger partial charge in [-0.05, 0) is 104 Å². The average Bonchev–Trinajstić information content (AvgIpc) is 3.61. The normalized spacial score (nSPS) is 11.5. The maximum atomic E-state index is 6.20. The van der Waals surface area contributed by atoms with E-state index < -0.39 is 0 Å². The maximum Gasteiger partial charge on any atom is 0.136 e. The third-order valence-corrected chi connectivity index (χ3v) is 10.2. The van der Waals surface area contributed by atoms with Crippen LogP contribution >= 0.6 is 0 Å². The number of nitrogens with zero attached hydrogens (tertiary/aromatic N) is 1.